The van der Waals surface area contributed by atoms with Gasteiger partial charge in [-0.1, -0.05) is 17.4 Å². The Morgan fingerprint density at radius 1 is 1.07 bits per heavy atom. The molecule has 3 heterocycles. The van der Waals surface area contributed by atoms with Gasteiger partial charge in [0.1, 0.15) is 0 Å². The van der Waals surface area contributed by atoms with Crippen molar-refractivity contribution >= 4 is 29.1 Å². The number of nitrogens with zero attached hydrogens (tertiary/aromatic N) is 4. The van der Waals surface area contributed by atoms with Crippen molar-refractivity contribution in [2.24, 2.45) is 4.99 Å². The molecule has 1 atom stereocenters. The maximum Gasteiger partial charge on any atom is 0.338 e. The summed E-state index contributed by atoms with van der Waals surface area (Å²) < 4.78 is 20.6. The van der Waals surface area contributed by atoms with Gasteiger partial charge in [0.15, 0.2) is 16.3 Å². The van der Waals surface area contributed by atoms with E-state index < -0.39 is 16.9 Å². The number of aryl methyl sites for hydroxylation is 1. The van der Waals surface area contributed by atoms with Gasteiger partial charge < -0.3 is 18.8 Å². The van der Waals surface area contributed by atoms with Crippen LogP contribution in [0.2, 0.25) is 0 Å². The molecule has 228 valence electrons. The zero-order valence-electron chi connectivity index (χ0n) is 25.2. The van der Waals surface area contributed by atoms with E-state index in [2.05, 4.69) is 4.99 Å². The average Bonchev–Trinajstić information content (AvgIpc) is 3.45. The molecule has 2 aromatic heterocycles. The summed E-state index contributed by atoms with van der Waals surface area (Å²) in [7, 11) is 1.55. The second-order valence-corrected chi connectivity index (χ2v) is 11.1. The molecule has 0 spiro atoms. The van der Waals surface area contributed by atoms with Crippen LogP contribution < -0.4 is 24.4 Å². The van der Waals surface area contributed by atoms with Gasteiger partial charge in [-0.15, -0.1) is 0 Å². The maximum absolute atomic E-state index is 14.1. The third-order valence-corrected chi connectivity index (χ3v) is 8.38. The maximum atomic E-state index is 14.1. The first-order valence-electron chi connectivity index (χ1n) is 14.0. The second kappa shape index (κ2) is 12.3. The van der Waals surface area contributed by atoms with Crippen molar-refractivity contribution in [1.82, 2.24) is 9.13 Å². The molecule has 0 fully saturated rings. The molecule has 2 aromatic carbocycles. The number of rotatable bonds is 9. The number of esters is 1. The van der Waals surface area contributed by atoms with Gasteiger partial charge in [-0.3, -0.25) is 19.5 Å². The summed E-state index contributed by atoms with van der Waals surface area (Å²) in [5.74, 6) is 0.476. The highest BCUT2D eigenvalue weighted by atomic mass is 32.1. The monoisotopic (exact) mass is 616 g/mol. The smallest absolute Gasteiger partial charge is 0.338 e. The van der Waals surface area contributed by atoms with E-state index in [1.54, 1.807) is 51.3 Å². The number of hydrogen-bond donors (Lipinski definition) is 0. The Morgan fingerprint density at radius 3 is 2.43 bits per heavy atom. The Labute approximate surface area is 257 Å². The molecule has 5 rings (SSSR count). The van der Waals surface area contributed by atoms with Crippen LogP contribution >= 0.6 is 11.3 Å². The van der Waals surface area contributed by atoms with Crippen molar-refractivity contribution in [3.05, 3.63) is 112 Å². The molecule has 0 bridgehead atoms. The number of carbonyl (C=O) groups is 1. The van der Waals surface area contributed by atoms with E-state index in [4.69, 9.17) is 14.2 Å². The first kappa shape index (κ1) is 30.5. The lowest BCUT2D eigenvalue weighted by Crippen LogP contribution is -2.40. The summed E-state index contributed by atoms with van der Waals surface area (Å²) in [6.07, 6.45) is 1.81. The number of methoxy groups -OCH3 is 1. The van der Waals surface area contributed by atoms with Crippen molar-refractivity contribution < 1.29 is 23.9 Å². The van der Waals surface area contributed by atoms with Crippen LogP contribution in [0.15, 0.2) is 69.6 Å². The van der Waals surface area contributed by atoms with Gasteiger partial charge in [-0.2, -0.15) is 0 Å². The molecule has 0 radical (unpaired) electrons. The van der Waals surface area contributed by atoms with Crippen LogP contribution in [-0.2, 0) is 9.53 Å². The molecule has 0 aliphatic carbocycles. The van der Waals surface area contributed by atoms with Gasteiger partial charge in [-0.25, -0.2) is 9.79 Å². The molecule has 0 saturated carbocycles. The van der Waals surface area contributed by atoms with Crippen LogP contribution in [0.1, 0.15) is 49.3 Å². The highest BCUT2D eigenvalue weighted by Gasteiger charge is 2.34. The number of aromatic nitrogens is 2. The van der Waals surface area contributed by atoms with E-state index in [1.807, 2.05) is 37.5 Å². The summed E-state index contributed by atoms with van der Waals surface area (Å²) >= 11 is 1.23. The number of nitro benzene ring substituents is 1. The SMILES string of the molecule is CCOC(=O)C1=C(C)N=c2s/c(=C\c3cc(C)n(-c4ccc([N+](=O)[O-])cc4)c3C)c(=O)n2[C@@H]1c1ccc(OC)c(OCC)c1. The Balaban J connectivity index is 1.67. The lowest BCUT2D eigenvalue weighted by Gasteiger charge is -2.25. The number of carbonyl (C=O) groups excluding carboxylic acids is 1. The molecule has 1 aliphatic heterocycles. The van der Waals surface area contributed by atoms with Gasteiger partial charge in [0.2, 0.25) is 0 Å². The Morgan fingerprint density at radius 2 is 1.80 bits per heavy atom. The predicted octanol–water partition coefficient (Wildman–Crippen LogP) is 4.52. The van der Waals surface area contributed by atoms with Crippen molar-refractivity contribution in [2.45, 2.75) is 40.7 Å². The quantitative estimate of drug-likeness (QED) is 0.154. The number of benzene rings is 2. The fourth-order valence-electron chi connectivity index (χ4n) is 5.43. The highest BCUT2D eigenvalue weighted by Crippen LogP contribution is 2.36. The van der Waals surface area contributed by atoms with E-state index in [9.17, 15) is 19.7 Å². The van der Waals surface area contributed by atoms with Gasteiger partial charge in [0, 0.05) is 29.2 Å². The minimum atomic E-state index is -0.801. The number of fused-ring (bicyclic) bond motifs is 1. The number of ether oxygens (including phenoxy) is 3. The van der Waals surface area contributed by atoms with Gasteiger partial charge in [0.05, 0.1) is 47.1 Å². The van der Waals surface area contributed by atoms with Gasteiger partial charge >= 0.3 is 5.97 Å². The highest BCUT2D eigenvalue weighted by molar-refractivity contribution is 7.07. The normalized spacial score (nSPS) is 14.7. The van der Waals surface area contributed by atoms with E-state index in [-0.39, 0.29) is 23.4 Å². The largest absolute Gasteiger partial charge is 0.493 e. The Hall–Kier alpha value is -4.97. The van der Waals surface area contributed by atoms with Crippen LogP contribution in [0.5, 0.6) is 11.5 Å². The van der Waals surface area contributed by atoms with E-state index in [0.717, 1.165) is 22.6 Å². The molecule has 4 aromatic rings. The molecule has 1 aliphatic rings. The van der Waals surface area contributed by atoms with Crippen molar-refractivity contribution in [1.29, 1.82) is 0 Å². The summed E-state index contributed by atoms with van der Waals surface area (Å²) in [5, 5.41) is 11.1. The van der Waals surface area contributed by atoms with Gasteiger partial charge in [0.25, 0.3) is 11.2 Å². The van der Waals surface area contributed by atoms with E-state index in [1.165, 1.54) is 28.0 Å². The lowest BCUT2D eigenvalue weighted by molar-refractivity contribution is -0.384. The molecule has 0 amide bonds. The van der Waals surface area contributed by atoms with Crippen LogP contribution in [0.3, 0.4) is 0 Å². The third-order valence-electron chi connectivity index (χ3n) is 7.40. The number of hydrogen-bond acceptors (Lipinski definition) is 9. The van der Waals surface area contributed by atoms with Crippen molar-refractivity contribution in [3.63, 3.8) is 0 Å². The van der Waals surface area contributed by atoms with Crippen molar-refractivity contribution in [2.75, 3.05) is 20.3 Å². The Bertz CT molecular complexity index is 1980. The third kappa shape index (κ3) is 5.44. The topological polar surface area (TPSA) is 127 Å². The minimum Gasteiger partial charge on any atom is -0.493 e. The van der Waals surface area contributed by atoms with Crippen molar-refractivity contribution in [3.8, 4) is 17.2 Å². The predicted molar refractivity (Wildman–Crippen MR) is 166 cm³/mol. The van der Waals surface area contributed by atoms with Crippen LogP contribution in [0, 0.1) is 24.0 Å². The summed E-state index contributed by atoms with van der Waals surface area (Å²) in [5.41, 5.74) is 4.43. The number of nitro groups is 1. The molecule has 44 heavy (non-hydrogen) atoms. The molecule has 0 saturated heterocycles. The zero-order chi connectivity index (χ0) is 31.7. The molecule has 0 N–H and O–H groups in total. The zero-order valence-corrected chi connectivity index (χ0v) is 26.1. The standard InChI is InChI=1S/C32H32N4O7S/c1-7-42-26-16-21(9-14-25(26)41-6)29-28(31(38)43-8-2)19(4)33-32-35(29)30(37)27(44-32)17-22-15-18(3)34(20(22)5)23-10-12-24(13-11-23)36(39)40/h9-17,29H,7-8H2,1-6H3/b27-17-/t29-/m1/s1. The minimum absolute atomic E-state index is 0.00909. The van der Waals surface area contributed by atoms with Crippen LogP contribution in [-0.4, -0.2) is 40.4 Å². The average molecular weight is 617 g/mol. The summed E-state index contributed by atoms with van der Waals surface area (Å²) in [6, 6.07) is 12.8. The number of thiazole rings is 1. The summed E-state index contributed by atoms with van der Waals surface area (Å²) in [6.45, 7) is 9.76. The lowest BCUT2D eigenvalue weighted by atomic mass is 9.95. The molecular formula is C32H32N4O7S. The molecular weight excluding hydrogens is 584 g/mol. The van der Waals surface area contributed by atoms with E-state index in [0.29, 0.717) is 38.7 Å². The molecule has 12 heteroatoms. The van der Waals surface area contributed by atoms with Crippen LogP contribution in [0.4, 0.5) is 5.69 Å². The summed E-state index contributed by atoms with van der Waals surface area (Å²) in [4.78, 5) is 43.2. The Kier molecular flexibility index (Phi) is 8.54. The van der Waals surface area contributed by atoms with Crippen LogP contribution in [0.25, 0.3) is 11.8 Å². The number of allylic oxidation sites excluding steroid dienone is 1. The first-order chi connectivity index (χ1) is 21.1. The number of non-ortho nitro benzene ring substituents is 1. The molecule has 0 unspecified atom stereocenters. The van der Waals surface area contributed by atoms with E-state index >= 15 is 0 Å². The fourth-order valence-corrected chi connectivity index (χ4v) is 6.47. The van der Waals surface area contributed by atoms with Gasteiger partial charge in [-0.05, 0) is 82.2 Å². The first-order valence-corrected chi connectivity index (χ1v) is 14.8. The fraction of sp³-hybridized carbons (Fsp3) is 0.281. The second-order valence-electron chi connectivity index (χ2n) is 10.1. The molecule has 11 nitrogen and oxygen atoms in total.